The Morgan fingerprint density at radius 2 is 1.79 bits per heavy atom. The molecule has 1 amide bonds. The van der Waals surface area contributed by atoms with Crippen molar-refractivity contribution in [1.29, 1.82) is 0 Å². The predicted molar refractivity (Wildman–Crippen MR) is 114 cm³/mol. The fourth-order valence-corrected chi connectivity index (χ4v) is 4.39. The standard InChI is InChI=1S/C24H26F4N2O4/c25-16-7-5-14(6-8-16)11-30-21(31)10-17-9-19-23(33-17)22(32)20(34-19)13-29-12-15-3-1-2-4-18(15)24(26,27)28/h1-8,17,19-20,22-23,29,32H,9-13H2,(H,30,31). The lowest BCUT2D eigenvalue weighted by Crippen LogP contribution is -2.39. The Kier molecular flexibility index (Phi) is 7.51. The van der Waals surface area contributed by atoms with E-state index in [9.17, 15) is 27.5 Å². The SMILES string of the molecule is O=C(CC1CC2OC(CNCc3ccccc3C(F)(F)F)C(O)C2O1)NCc1ccc(F)cc1. The largest absolute Gasteiger partial charge is 0.416 e. The fraction of sp³-hybridized carbons (Fsp3) is 0.458. The van der Waals surface area contributed by atoms with Gasteiger partial charge in [-0.1, -0.05) is 30.3 Å². The van der Waals surface area contributed by atoms with Crippen LogP contribution < -0.4 is 10.6 Å². The highest BCUT2D eigenvalue weighted by Crippen LogP contribution is 2.35. The molecule has 10 heteroatoms. The highest BCUT2D eigenvalue weighted by atomic mass is 19.4. The van der Waals surface area contributed by atoms with Crippen molar-refractivity contribution in [2.24, 2.45) is 0 Å². The minimum atomic E-state index is -4.44. The van der Waals surface area contributed by atoms with Crippen molar-refractivity contribution in [2.75, 3.05) is 6.54 Å². The summed E-state index contributed by atoms with van der Waals surface area (Å²) in [6, 6.07) is 11.1. The molecule has 34 heavy (non-hydrogen) atoms. The molecular weight excluding hydrogens is 456 g/mol. The summed E-state index contributed by atoms with van der Waals surface area (Å²) in [5.74, 6) is -0.579. The highest BCUT2D eigenvalue weighted by molar-refractivity contribution is 5.76. The zero-order valence-corrected chi connectivity index (χ0v) is 18.2. The normalized spacial score (nSPS) is 26.4. The first-order valence-electron chi connectivity index (χ1n) is 11.1. The molecular formula is C24H26F4N2O4. The Morgan fingerprint density at radius 1 is 1.06 bits per heavy atom. The summed E-state index contributed by atoms with van der Waals surface area (Å²) in [5, 5.41) is 16.2. The van der Waals surface area contributed by atoms with Crippen LogP contribution in [0, 0.1) is 5.82 Å². The Morgan fingerprint density at radius 3 is 2.50 bits per heavy atom. The number of ether oxygens (including phenoxy) is 2. The van der Waals surface area contributed by atoms with E-state index in [-0.39, 0.29) is 49.4 Å². The van der Waals surface area contributed by atoms with Crippen molar-refractivity contribution in [3.05, 3.63) is 71.0 Å². The summed E-state index contributed by atoms with van der Waals surface area (Å²) < 4.78 is 64.0. The van der Waals surface area contributed by atoms with Gasteiger partial charge in [-0.25, -0.2) is 4.39 Å². The molecule has 0 aromatic heterocycles. The first kappa shape index (κ1) is 24.6. The van der Waals surface area contributed by atoms with Gasteiger partial charge in [0.1, 0.15) is 18.0 Å². The maximum atomic E-state index is 13.1. The number of rotatable bonds is 8. The minimum Gasteiger partial charge on any atom is -0.388 e. The van der Waals surface area contributed by atoms with E-state index in [1.165, 1.54) is 24.3 Å². The molecule has 2 aromatic rings. The summed E-state index contributed by atoms with van der Waals surface area (Å²) in [6.07, 6.45) is -6.88. The third kappa shape index (κ3) is 5.93. The molecule has 2 aromatic carbocycles. The zero-order chi connectivity index (χ0) is 24.3. The molecule has 3 N–H and O–H groups in total. The lowest BCUT2D eigenvalue weighted by atomic mass is 10.1. The van der Waals surface area contributed by atoms with Gasteiger partial charge < -0.3 is 25.2 Å². The smallest absolute Gasteiger partial charge is 0.388 e. The quantitative estimate of drug-likeness (QED) is 0.505. The van der Waals surface area contributed by atoms with Crippen LogP contribution in [0.3, 0.4) is 0 Å². The van der Waals surface area contributed by atoms with Gasteiger partial charge in [0.05, 0.1) is 30.3 Å². The van der Waals surface area contributed by atoms with Crippen molar-refractivity contribution >= 4 is 5.91 Å². The van der Waals surface area contributed by atoms with Gasteiger partial charge in [0.2, 0.25) is 5.91 Å². The monoisotopic (exact) mass is 482 g/mol. The second kappa shape index (κ2) is 10.4. The van der Waals surface area contributed by atoms with Crippen LogP contribution in [0.15, 0.2) is 48.5 Å². The van der Waals surface area contributed by atoms with E-state index in [0.717, 1.165) is 11.6 Å². The van der Waals surface area contributed by atoms with Crippen LogP contribution in [0.2, 0.25) is 0 Å². The number of carbonyl (C=O) groups excluding carboxylic acids is 1. The molecule has 0 bridgehead atoms. The molecule has 5 unspecified atom stereocenters. The van der Waals surface area contributed by atoms with E-state index < -0.39 is 36.2 Å². The van der Waals surface area contributed by atoms with Crippen molar-refractivity contribution in [1.82, 2.24) is 10.6 Å². The fourth-order valence-electron chi connectivity index (χ4n) is 4.39. The molecule has 6 nitrogen and oxygen atoms in total. The van der Waals surface area contributed by atoms with E-state index in [1.54, 1.807) is 18.2 Å². The van der Waals surface area contributed by atoms with Crippen molar-refractivity contribution < 1.29 is 36.9 Å². The third-order valence-electron chi connectivity index (χ3n) is 6.08. The van der Waals surface area contributed by atoms with Gasteiger partial charge in [-0.15, -0.1) is 0 Å². The summed E-state index contributed by atoms with van der Waals surface area (Å²) in [4.78, 5) is 12.2. The number of benzene rings is 2. The molecule has 0 saturated carbocycles. The summed E-state index contributed by atoms with van der Waals surface area (Å²) >= 11 is 0. The number of amides is 1. The lowest BCUT2D eigenvalue weighted by molar-refractivity contribution is -0.138. The van der Waals surface area contributed by atoms with Crippen molar-refractivity contribution in [3.63, 3.8) is 0 Å². The maximum Gasteiger partial charge on any atom is 0.416 e. The first-order valence-corrected chi connectivity index (χ1v) is 11.1. The Balaban J connectivity index is 1.20. The molecule has 5 atom stereocenters. The zero-order valence-electron chi connectivity index (χ0n) is 18.2. The number of hydrogen-bond donors (Lipinski definition) is 3. The van der Waals surface area contributed by atoms with E-state index >= 15 is 0 Å². The number of aliphatic hydroxyl groups excluding tert-OH is 1. The third-order valence-corrected chi connectivity index (χ3v) is 6.08. The van der Waals surface area contributed by atoms with Gasteiger partial charge in [0.25, 0.3) is 0 Å². The topological polar surface area (TPSA) is 79.8 Å². The number of hydrogen-bond acceptors (Lipinski definition) is 5. The Hall–Kier alpha value is -2.53. The molecule has 0 spiro atoms. The van der Waals surface area contributed by atoms with Crippen molar-refractivity contribution in [3.8, 4) is 0 Å². The molecule has 2 aliphatic rings. The minimum absolute atomic E-state index is 0.0185. The maximum absolute atomic E-state index is 13.1. The van der Waals surface area contributed by atoms with E-state index in [0.29, 0.717) is 6.42 Å². The molecule has 0 radical (unpaired) electrons. The van der Waals surface area contributed by atoms with Crippen LogP contribution in [0.25, 0.3) is 0 Å². The van der Waals surface area contributed by atoms with E-state index in [4.69, 9.17) is 9.47 Å². The molecule has 2 fully saturated rings. The second-order valence-corrected chi connectivity index (χ2v) is 8.56. The first-order chi connectivity index (χ1) is 16.2. The van der Waals surface area contributed by atoms with Crippen LogP contribution in [-0.4, -0.2) is 48.1 Å². The number of carbonyl (C=O) groups is 1. The average molecular weight is 482 g/mol. The van der Waals surface area contributed by atoms with Gasteiger partial charge >= 0.3 is 6.18 Å². The number of halogens is 4. The Bertz CT molecular complexity index is 986. The molecule has 0 aliphatic carbocycles. The number of fused-ring (bicyclic) bond motifs is 1. The summed E-state index contributed by atoms with van der Waals surface area (Å²) in [6.45, 7) is 0.408. The molecule has 2 heterocycles. The average Bonchev–Trinajstić information content (AvgIpc) is 3.31. The van der Waals surface area contributed by atoms with Gasteiger partial charge in [-0.05, 0) is 29.3 Å². The van der Waals surface area contributed by atoms with Crippen LogP contribution >= 0.6 is 0 Å². The Labute approximate surface area is 194 Å². The van der Waals surface area contributed by atoms with Gasteiger partial charge in [-0.2, -0.15) is 13.2 Å². The number of nitrogens with one attached hydrogen (secondary N) is 2. The molecule has 2 aliphatic heterocycles. The number of aliphatic hydroxyl groups is 1. The lowest BCUT2D eigenvalue weighted by Gasteiger charge is -2.20. The van der Waals surface area contributed by atoms with E-state index in [2.05, 4.69) is 10.6 Å². The predicted octanol–water partition coefficient (Wildman–Crippen LogP) is 2.93. The molecule has 184 valence electrons. The van der Waals surface area contributed by atoms with Crippen LogP contribution in [-0.2, 0) is 33.5 Å². The van der Waals surface area contributed by atoms with E-state index in [1.807, 2.05) is 0 Å². The molecule has 2 saturated heterocycles. The molecule has 4 rings (SSSR count). The second-order valence-electron chi connectivity index (χ2n) is 8.56. The number of alkyl halides is 3. The van der Waals surface area contributed by atoms with Crippen molar-refractivity contribution in [2.45, 2.75) is 62.6 Å². The summed E-state index contributed by atoms with van der Waals surface area (Å²) in [5.41, 5.74) is 0.188. The van der Waals surface area contributed by atoms with Gasteiger partial charge in [0, 0.05) is 26.1 Å². The van der Waals surface area contributed by atoms with Crippen LogP contribution in [0.4, 0.5) is 17.6 Å². The van der Waals surface area contributed by atoms with Gasteiger partial charge in [-0.3, -0.25) is 4.79 Å². The highest BCUT2D eigenvalue weighted by Gasteiger charge is 2.50. The summed E-state index contributed by atoms with van der Waals surface area (Å²) in [7, 11) is 0. The van der Waals surface area contributed by atoms with Gasteiger partial charge in [0.15, 0.2) is 0 Å². The van der Waals surface area contributed by atoms with Crippen LogP contribution in [0.5, 0.6) is 0 Å². The van der Waals surface area contributed by atoms with Crippen LogP contribution in [0.1, 0.15) is 29.5 Å².